The van der Waals surface area contributed by atoms with E-state index in [1.54, 1.807) is 0 Å². The average Bonchev–Trinajstić information content (AvgIpc) is 3.15. The van der Waals surface area contributed by atoms with Crippen LogP contribution in [0.5, 0.6) is 0 Å². The van der Waals surface area contributed by atoms with Gasteiger partial charge in [0.25, 0.3) is 0 Å². The summed E-state index contributed by atoms with van der Waals surface area (Å²) in [6.45, 7) is 8.75. The van der Waals surface area contributed by atoms with Crippen LogP contribution < -0.4 is 0 Å². The first-order valence-corrected chi connectivity index (χ1v) is 16.4. The molecule has 39 heavy (non-hydrogen) atoms. The van der Waals surface area contributed by atoms with Crippen molar-refractivity contribution >= 4 is 27.2 Å². The first-order chi connectivity index (χ1) is 18.2. The standard InChI is InChI=1S/C29H44N2O6S2/c1-28(2)22-18-20(37-38(32)33)14-16-24(22)30(5)26(28)12-10-8-7-9-11-13-27-29(3,4)23-19-21(39(34,35)36)15-17-25(23)31(27)6/h7-13,20-25H,14-19H2,1-6H3,(H-,32,33,34,35,36)/p-1. The molecule has 0 aromatic heterocycles. The molecule has 7 atom stereocenters. The van der Waals surface area contributed by atoms with Gasteiger partial charge in [0.05, 0.1) is 38.2 Å². The Morgan fingerprint density at radius 2 is 1.64 bits per heavy atom. The lowest BCUT2D eigenvalue weighted by Crippen LogP contribution is -2.41. The predicted molar refractivity (Wildman–Crippen MR) is 152 cm³/mol. The molecular formula is C29H43N2O6S2-. The highest BCUT2D eigenvalue weighted by molar-refractivity contribution is 7.86. The highest BCUT2D eigenvalue weighted by atomic mass is 32.2. The second kappa shape index (κ2) is 11.4. The summed E-state index contributed by atoms with van der Waals surface area (Å²) in [5.41, 5.74) is 2.11. The van der Waals surface area contributed by atoms with Crippen molar-refractivity contribution in [3.63, 3.8) is 0 Å². The minimum atomic E-state index is -4.26. The molecule has 0 amide bonds. The second-order valence-corrected chi connectivity index (χ2v) is 15.0. The summed E-state index contributed by atoms with van der Waals surface area (Å²) < 4.78 is 64.4. The normalized spacial score (nSPS) is 36.4. The van der Waals surface area contributed by atoms with Gasteiger partial charge in [-0.2, -0.15) is 0 Å². The lowest BCUT2D eigenvalue weighted by molar-refractivity contribution is -0.538. The summed E-state index contributed by atoms with van der Waals surface area (Å²) in [6, 6.07) is 0.641. The molecule has 0 spiro atoms. The van der Waals surface area contributed by atoms with E-state index in [1.165, 1.54) is 5.70 Å². The maximum Gasteiger partial charge on any atom is 0.182 e. The highest BCUT2D eigenvalue weighted by Gasteiger charge is 2.55. The van der Waals surface area contributed by atoms with Crippen LogP contribution in [0.2, 0.25) is 0 Å². The Morgan fingerprint density at radius 3 is 2.31 bits per heavy atom. The van der Waals surface area contributed by atoms with Crippen molar-refractivity contribution < 1.29 is 30.5 Å². The molecule has 0 bridgehead atoms. The Hall–Kier alpha value is -1.59. The minimum Gasteiger partial charge on any atom is -0.750 e. The topological polar surface area (TPSA) is 113 Å². The third-order valence-electron chi connectivity index (χ3n) is 10.0. The predicted octanol–water partition coefficient (Wildman–Crippen LogP) is 4.06. The molecule has 4 rings (SSSR count). The molecule has 0 N–H and O–H groups in total. The molecular weight excluding hydrogens is 536 g/mol. The number of rotatable bonds is 7. The zero-order valence-corrected chi connectivity index (χ0v) is 25.5. The summed E-state index contributed by atoms with van der Waals surface area (Å²) in [5.74, 6) is 0.472. The Balaban J connectivity index is 1.39. The fraction of sp³-hybridized carbons (Fsp3) is 0.690. The number of fused-ring (bicyclic) bond motifs is 2. The largest absolute Gasteiger partial charge is 0.750 e. The maximum absolute atomic E-state index is 11.7. The van der Waals surface area contributed by atoms with Gasteiger partial charge >= 0.3 is 0 Å². The molecule has 1 saturated heterocycles. The van der Waals surface area contributed by atoms with Crippen LogP contribution in [0.3, 0.4) is 0 Å². The van der Waals surface area contributed by atoms with E-state index in [0.29, 0.717) is 24.8 Å². The van der Waals surface area contributed by atoms with Crippen molar-refractivity contribution in [3.05, 3.63) is 48.2 Å². The second-order valence-electron chi connectivity index (χ2n) is 12.7. The average molecular weight is 580 g/mol. The molecule has 3 fully saturated rings. The van der Waals surface area contributed by atoms with Gasteiger partial charge in [-0.1, -0.05) is 44.2 Å². The lowest BCUT2D eigenvalue weighted by atomic mass is 9.69. The van der Waals surface area contributed by atoms with Gasteiger partial charge in [-0.05, 0) is 57.9 Å². The van der Waals surface area contributed by atoms with E-state index in [9.17, 15) is 21.7 Å². The van der Waals surface area contributed by atoms with Crippen molar-refractivity contribution in [1.29, 1.82) is 0 Å². The molecule has 0 aromatic rings. The highest BCUT2D eigenvalue weighted by Crippen LogP contribution is 2.53. The fourth-order valence-electron chi connectivity index (χ4n) is 7.97. The number of allylic oxidation sites excluding steroid dienone is 8. The molecule has 7 unspecified atom stereocenters. The molecule has 10 heteroatoms. The quantitative estimate of drug-likeness (QED) is 0.193. The summed E-state index contributed by atoms with van der Waals surface area (Å²) >= 11 is -2.48. The molecule has 2 heterocycles. The first-order valence-electron chi connectivity index (χ1n) is 13.9. The van der Waals surface area contributed by atoms with Crippen LogP contribution in [0.15, 0.2) is 48.2 Å². The van der Waals surface area contributed by atoms with Gasteiger partial charge in [-0.15, -0.1) is 0 Å². The van der Waals surface area contributed by atoms with Gasteiger partial charge in [0.2, 0.25) is 0 Å². The SMILES string of the molecule is CN1/C(=C/C=C/C=C/C=C/C2=[N+](C)C3CCC(S(=O)(=O)[O-])CC3C2(C)C)C(C)(C)C2CC(OS(=O)[O-])CCC21. The van der Waals surface area contributed by atoms with Gasteiger partial charge < -0.3 is 14.0 Å². The summed E-state index contributed by atoms with van der Waals surface area (Å²) in [7, 11) is -0.0649. The van der Waals surface area contributed by atoms with E-state index >= 15 is 0 Å². The Morgan fingerprint density at radius 1 is 0.974 bits per heavy atom. The van der Waals surface area contributed by atoms with E-state index < -0.39 is 26.7 Å². The van der Waals surface area contributed by atoms with Gasteiger partial charge in [0.15, 0.2) is 11.8 Å². The van der Waals surface area contributed by atoms with E-state index in [-0.39, 0.29) is 28.9 Å². The minimum absolute atomic E-state index is 0.0870. The Bertz CT molecular complexity index is 1230. The van der Waals surface area contributed by atoms with Crippen LogP contribution in [-0.4, -0.2) is 74.5 Å². The molecule has 2 aliphatic carbocycles. The Labute approximate surface area is 236 Å². The zero-order chi connectivity index (χ0) is 28.8. The molecule has 8 nitrogen and oxygen atoms in total. The summed E-state index contributed by atoms with van der Waals surface area (Å²) in [5, 5.41) is -0.778. The molecule has 4 aliphatic rings. The van der Waals surface area contributed by atoms with Gasteiger partial charge in [-0.3, -0.25) is 4.18 Å². The van der Waals surface area contributed by atoms with Gasteiger partial charge in [-0.25, -0.2) is 17.2 Å². The number of nitrogens with zero attached hydrogens (tertiary/aromatic N) is 2. The Kier molecular flexibility index (Phi) is 8.84. The van der Waals surface area contributed by atoms with E-state index in [2.05, 4.69) is 63.4 Å². The van der Waals surface area contributed by atoms with Crippen LogP contribution in [-0.2, 0) is 25.7 Å². The lowest BCUT2D eigenvalue weighted by Gasteiger charge is -2.37. The van der Waals surface area contributed by atoms with Crippen LogP contribution in [0.1, 0.15) is 66.2 Å². The maximum atomic E-state index is 11.7. The third-order valence-corrected chi connectivity index (χ3v) is 11.7. The van der Waals surface area contributed by atoms with Crippen molar-refractivity contribution in [2.45, 2.75) is 89.7 Å². The number of hydrogen-bond acceptors (Lipinski definition) is 7. The van der Waals surface area contributed by atoms with Crippen molar-refractivity contribution in [2.75, 3.05) is 14.1 Å². The van der Waals surface area contributed by atoms with Crippen molar-refractivity contribution in [1.82, 2.24) is 4.90 Å². The van der Waals surface area contributed by atoms with Crippen LogP contribution >= 0.6 is 0 Å². The smallest absolute Gasteiger partial charge is 0.182 e. The van der Waals surface area contributed by atoms with Crippen LogP contribution in [0.25, 0.3) is 0 Å². The monoisotopic (exact) mass is 579 g/mol. The summed E-state index contributed by atoms with van der Waals surface area (Å²) in [6.07, 6.45) is 18.1. The van der Waals surface area contributed by atoms with Gasteiger partial charge in [0, 0.05) is 42.6 Å². The van der Waals surface area contributed by atoms with E-state index in [1.807, 2.05) is 30.4 Å². The molecule has 0 aromatic carbocycles. The number of hydrogen-bond donors (Lipinski definition) is 0. The fourth-order valence-corrected chi connectivity index (χ4v) is 9.23. The van der Waals surface area contributed by atoms with Crippen molar-refractivity contribution in [2.24, 2.45) is 22.7 Å². The first kappa shape index (κ1) is 30.4. The molecule has 2 saturated carbocycles. The molecule has 0 radical (unpaired) electrons. The van der Waals surface area contributed by atoms with E-state index in [4.69, 9.17) is 4.18 Å². The molecule has 218 valence electrons. The third kappa shape index (κ3) is 6.05. The molecule has 2 aliphatic heterocycles. The summed E-state index contributed by atoms with van der Waals surface area (Å²) in [4.78, 5) is 2.35. The van der Waals surface area contributed by atoms with Gasteiger partial charge in [0.1, 0.15) is 7.05 Å². The van der Waals surface area contributed by atoms with Crippen LogP contribution in [0.4, 0.5) is 0 Å². The van der Waals surface area contributed by atoms with Crippen LogP contribution in [0, 0.1) is 22.7 Å². The van der Waals surface area contributed by atoms with Crippen molar-refractivity contribution in [3.8, 4) is 0 Å². The number of likely N-dealkylation sites (tertiary alicyclic amines) is 1. The van der Waals surface area contributed by atoms with E-state index in [0.717, 1.165) is 31.4 Å². The zero-order valence-electron chi connectivity index (χ0n) is 23.9.